The average molecular weight is 274 g/mol. The van der Waals surface area contributed by atoms with Crippen LogP contribution in [0.25, 0.3) is 0 Å². The fourth-order valence-electron chi connectivity index (χ4n) is 1.75. The molecule has 94 valence electrons. The van der Waals surface area contributed by atoms with Gasteiger partial charge in [0.15, 0.2) is 0 Å². The lowest BCUT2D eigenvalue weighted by molar-refractivity contribution is 1.27. The quantitative estimate of drug-likeness (QED) is 0.656. The predicted octanol–water partition coefficient (Wildman–Crippen LogP) is 5.72. The van der Waals surface area contributed by atoms with Crippen LogP contribution in [-0.4, -0.2) is 0 Å². The molecule has 0 aliphatic rings. The van der Waals surface area contributed by atoms with Crippen molar-refractivity contribution in [2.45, 2.75) is 37.5 Å². The summed E-state index contributed by atoms with van der Waals surface area (Å²) in [5, 5.41) is 0. The molecule has 0 fully saturated rings. The highest BCUT2D eigenvalue weighted by atomic mass is 33.1. The molecule has 0 aliphatic carbocycles. The molecular formula is C16H18S2. The van der Waals surface area contributed by atoms with E-state index in [2.05, 4.69) is 64.1 Å². The van der Waals surface area contributed by atoms with Crippen molar-refractivity contribution in [3.63, 3.8) is 0 Å². The third kappa shape index (κ3) is 3.33. The molecule has 0 aliphatic heterocycles. The molecule has 2 aromatic rings. The van der Waals surface area contributed by atoms with Gasteiger partial charge in [-0.1, -0.05) is 45.4 Å². The van der Waals surface area contributed by atoms with Gasteiger partial charge in [-0.2, -0.15) is 0 Å². The summed E-state index contributed by atoms with van der Waals surface area (Å²) in [5.74, 6) is 0. The minimum absolute atomic E-state index is 1.32. The van der Waals surface area contributed by atoms with Crippen molar-refractivity contribution in [1.82, 2.24) is 0 Å². The lowest BCUT2D eigenvalue weighted by atomic mass is 10.1. The Morgan fingerprint density at radius 1 is 0.667 bits per heavy atom. The first-order valence-corrected chi connectivity index (χ1v) is 8.20. The molecule has 2 rings (SSSR count). The van der Waals surface area contributed by atoms with E-state index in [0.29, 0.717) is 0 Å². The van der Waals surface area contributed by atoms with Crippen molar-refractivity contribution in [1.29, 1.82) is 0 Å². The summed E-state index contributed by atoms with van der Waals surface area (Å²) in [7, 11) is 3.67. The van der Waals surface area contributed by atoms with Gasteiger partial charge in [0.05, 0.1) is 0 Å². The van der Waals surface area contributed by atoms with Crippen LogP contribution in [0.3, 0.4) is 0 Å². The predicted molar refractivity (Wildman–Crippen MR) is 83.5 cm³/mol. The Balaban J connectivity index is 2.09. The highest BCUT2D eigenvalue weighted by molar-refractivity contribution is 8.76. The Morgan fingerprint density at radius 3 is 2.11 bits per heavy atom. The molecule has 2 aromatic carbocycles. The molecule has 0 radical (unpaired) electrons. The second-order valence-corrected chi connectivity index (χ2v) is 6.93. The topological polar surface area (TPSA) is 0 Å². The Bertz CT molecular complexity index is 559. The molecule has 2 heteroatoms. The van der Waals surface area contributed by atoms with Gasteiger partial charge in [-0.15, -0.1) is 0 Å². The summed E-state index contributed by atoms with van der Waals surface area (Å²) in [6.07, 6.45) is 0. The molecule has 0 unspecified atom stereocenters. The average Bonchev–Trinajstić information content (AvgIpc) is 2.32. The number of aryl methyl sites for hydroxylation is 4. The number of hydrogen-bond acceptors (Lipinski definition) is 2. The van der Waals surface area contributed by atoms with E-state index in [4.69, 9.17) is 0 Å². The van der Waals surface area contributed by atoms with Crippen LogP contribution < -0.4 is 0 Å². The molecule has 0 bridgehead atoms. The summed E-state index contributed by atoms with van der Waals surface area (Å²) in [5.41, 5.74) is 5.40. The maximum atomic E-state index is 2.26. The molecule has 18 heavy (non-hydrogen) atoms. The lowest BCUT2D eigenvalue weighted by Crippen LogP contribution is -1.81. The zero-order valence-electron chi connectivity index (χ0n) is 11.3. The number of rotatable bonds is 3. The van der Waals surface area contributed by atoms with E-state index in [1.165, 1.54) is 32.0 Å². The van der Waals surface area contributed by atoms with E-state index in [1.54, 1.807) is 0 Å². The molecular weight excluding hydrogens is 256 g/mol. The molecule has 0 atom stereocenters. The van der Waals surface area contributed by atoms with Gasteiger partial charge in [-0.25, -0.2) is 0 Å². The van der Waals surface area contributed by atoms with Gasteiger partial charge in [-0.3, -0.25) is 0 Å². The van der Waals surface area contributed by atoms with E-state index in [-0.39, 0.29) is 0 Å². The smallest absolute Gasteiger partial charge is 0.0215 e. The van der Waals surface area contributed by atoms with Crippen LogP contribution in [0, 0.1) is 27.7 Å². The summed E-state index contributed by atoms with van der Waals surface area (Å²) in [6, 6.07) is 13.3. The Hall–Kier alpha value is -0.860. The molecule has 0 saturated carbocycles. The van der Waals surface area contributed by atoms with Crippen molar-refractivity contribution >= 4 is 21.6 Å². The fraction of sp³-hybridized carbons (Fsp3) is 0.250. The highest BCUT2D eigenvalue weighted by Crippen LogP contribution is 2.39. The summed E-state index contributed by atoms with van der Waals surface area (Å²) in [4.78, 5) is 2.67. The second-order valence-electron chi connectivity index (χ2n) is 4.68. The van der Waals surface area contributed by atoms with Crippen LogP contribution in [0.4, 0.5) is 0 Å². The van der Waals surface area contributed by atoms with E-state index in [9.17, 15) is 0 Å². The Labute approximate surface area is 118 Å². The fourth-order valence-corrected chi connectivity index (χ4v) is 4.03. The lowest BCUT2D eigenvalue weighted by Gasteiger charge is -2.07. The van der Waals surface area contributed by atoms with Crippen molar-refractivity contribution in [3.05, 3.63) is 58.7 Å². The van der Waals surface area contributed by atoms with Gasteiger partial charge in [-0.05, 0) is 62.6 Å². The zero-order valence-corrected chi connectivity index (χ0v) is 12.9. The largest absolute Gasteiger partial charge is 0.0582 e. The van der Waals surface area contributed by atoms with Crippen molar-refractivity contribution < 1.29 is 0 Å². The van der Waals surface area contributed by atoms with E-state index in [0.717, 1.165) is 0 Å². The first-order valence-electron chi connectivity index (χ1n) is 6.05. The van der Waals surface area contributed by atoms with Crippen molar-refractivity contribution in [2.75, 3.05) is 0 Å². The van der Waals surface area contributed by atoms with E-state index >= 15 is 0 Å². The summed E-state index contributed by atoms with van der Waals surface area (Å²) < 4.78 is 0. The van der Waals surface area contributed by atoms with Crippen molar-refractivity contribution in [3.8, 4) is 0 Å². The molecule has 0 spiro atoms. The number of benzene rings is 2. The Kier molecular flexibility index (Phi) is 4.41. The first-order chi connectivity index (χ1) is 8.56. The van der Waals surface area contributed by atoms with Gasteiger partial charge in [0.25, 0.3) is 0 Å². The second kappa shape index (κ2) is 5.85. The number of hydrogen-bond donors (Lipinski definition) is 0. The third-order valence-corrected chi connectivity index (χ3v) is 5.57. The molecule has 0 N–H and O–H groups in total. The normalized spacial score (nSPS) is 10.7. The van der Waals surface area contributed by atoms with Crippen molar-refractivity contribution in [2.24, 2.45) is 0 Å². The van der Waals surface area contributed by atoms with Crippen LogP contribution >= 0.6 is 21.6 Å². The van der Waals surface area contributed by atoms with Crippen LogP contribution in [0.2, 0.25) is 0 Å². The maximum absolute atomic E-state index is 2.26. The third-order valence-electron chi connectivity index (χ3n) is 3.04. The summed E-state index contributed by atoms with van der Waals surface area (Å²) >= 11 is 0. The van der Waals surface area contributed by atoms with E-state index < -0.39 is 0 Å². The molecule has 0 nitrogen and oxygen atoms in total. The van der Waals surface area contributed by atoms with Gasteiger partial charge in [0, 0.05) is 9.79 Å². The summed E-state index contributed by atoms with van der Waals surface area (Å²) in [6.45, 7) is 8.64. The van der Waals surface area contributed by atoms with Gasteiger partial charge < -0.3 is 0 Å². The molecule has 0 aromatic heterocycles. The van der Waals surface area contributed by atoms with Gasteiger partial charge >= 0.3 is 0 Å². The Morgan fingerprint density at radius 2 is 1.44 bits per heavy atom. The maximum Gasteiger partial charge on any atom is 0.0215 e. The zero-order chi connectivity index (χ0) is 13.1. The van der Waals surface area contributed by atoms with Gasteiger partial charge in [0.2, 0.25) is 0 Å². The molecule has 0 saturated heterocycles. The van der Waals surface area contributed by atoms with Crippen LogP contribution in [0.5, 0.6) is 0 Å². The van der Waals surface area contributed by atoms with Crippen LogP contribution in [-0.2, 0) is 0 Å². The molecule has 0 amide bonds. The minimum atomic E-state index is 1.32. The highest BCUT2D eigenvalue weighted by Gasteiger charge is 2.02. The standard InChI is InChI=1S/C16H18S2/c1-11-5-8-16(14(4)9-11)18-17-15-7-6-12(2)13(3)10-15/h5-10H,1-4H3. The molecule has 0 heterocycles. The minimum Gasteiger partial charge on any atom is -0.0582 e. The monoisotopic (exact) mass is 274 g/mol. The van der Waals surface area contributed by atoms with Crippen LogP contribution in [0.15, 0.2) is 46.2 Å². The van der Waals surface area contributed by atoms with Crippen LogP contribution in [0.1, 0.15) is 22.3 Å². The SMILES string of the molecule is Cc1ccc(SSc2ccc(C)c(C)c2)c(C)c1. The first kappa shape index (κ1) is 13.6. The van der Waals surface area contributed by atoms with Gasteiger partial charge in [0.1, 0.15) is 0 Å². The van der Waals surface area contributed by atoms with E-state index in [1.807, 2.05) is 21.6 Å².